The van der Waals surface area contributed by atoms with Crippen molar-refractivity contribution >= 4 is 5.91 Å². The number of nitrogens with zero attached hydrogens (tertiary/aromatic N) is 2. The van der Waals surface area contributed by atoms with Crippen LogP contribution < -0.4 is 0 Å². The van der Waals surface area contributed by atoms with Crippen LogP contribution in [0.1, 0.15) is 6.92 Å². The van der Waals surface area contributed by atoms with Gasteiger partial charge in [0.2, 0.25) is 5.91 Å². The van der Waals surface area contributed by atoms with Crippen molar-refractivity contribution in [2.75, 3.05) is 40.3 Å². The maximum Gasteiger partial charge on any atom is 0.219 e. The van der Waals surface area contributed by atoms with E-state index in [9.17, 15) is 4.79 Å². The van der Waals surface area contributed by atoms with Crippen LogP contribution in [-0.2, 0) is 4.79 Å². The van der Waals surface area contributed by atoms with Crippen LogP contribution in [0.5, 0.6) is 0 Å². The number of amides is 1. The van der Waals surface area contributed by atoms with E-state index in [1.807, 2.05) is 4.90 Å². The Kier molecular flexibility index (Phi) is 1.88. The van der Waals surface area contributed by atoms with Crippen molar-refractivity contribution in [3.8, 4) is 0 Å². The predicted octanol–water partition coefficient (Wildman–Crippen LogP) is 0.171. The van der Waals surface area contributed by atoms with Crippen molar-refractivity contribution in [1.82, 2.24) is 4.90 Å². The molecule has 0 aromatic rings. The van der Waals surface area contributed by atoms with Gasteiger partial charge in [-0.1, -0.05) is 0 Å². The molecule has 0 bridgehead atoms. The normalized spacial score (nSPS) is 36.4. The summed E-state index contributed by atoms with van der Waals surface area (Å²) in [6.45, 7) is 6.17. The van der Waals surface area contributed by atoms with Crippen LogP contribution in [0.2, 0.25) is 0 Å². The molecule has 2 fully saturated rings. The third-order valence-electron chi connectivity index (χ3n) is 3.48. The molecule has 0 spiro atoms. The zero-order chi connectivity index (χ0) is 9.64. The summed E-state index contributed by atoms with van der Waals surface area (Å²) >= 11 is 0. The minimum Gasteiger partial charge on any atom is -0.342 e. The highest BCUT2D eigenvalue weighted by molar-refractivity contribution is 5.73. The van der Waals surface area contributed by atoms with E-state index in [1.165, 1.54) is 13.1 Å². The second-order valence-electron chi connectivity index (χ2n) is 5.25. The molecule has 2 aliphatic rings. The van der Waals surface area contributed by atoms with Crippen molar-refractivity contribution < 1.29 is 9.28 Å². The lowest BCUT2D eigenvalue weighted by atomic mass is 10.0. The fourth-order valence-electron chi connectivity index (χ4n) is 2.95. The first-order valence-electron chi connectivity index (χ1n) is 5.05. The molecule has 2 rings (SSSR count). The van der Waals surface area contributed by atoms with E-state index in [2.05, 4.69) is 14.1 Å². The maximum absolute atomic E-state index is 11.2. The summed E-state index contributed by atoms with van der Waals surface area (Å²) in [6.07, 6.45) is 0. The Labute approximate surface area is 79.9 Å². The van der Waals surface area contributed by atoms with E-state index in [-0.39, 0.29) is 5.91 Å². The van der Waals surface area contributed by atoms with Gasteiger partial charge in [0.25, 0.3) is 0 Å². The summed E-state index contributed by atoms with van der Waals surface area (Å²) in [7, 11) is 4.58. The van der Waals surface area contributed by atoms with E-state index in [0.29, 0.717) is 0 Å². The second-order valence-corrected chi connectivity index (χ2v) is 5.25. The Morgan fingerprint density at radius 2 is 1.69 bits per heavy atom. The lowest BCUT2D eigenvalue weighted by Crippen LogP contribution is -2.40. The zero-order valence-electron chi connectivity index (χ0n) is 8.79. The molecule has 2 aliphatic heterocycles. The lowest BCUT2D eigenvalue weighted by molar-refractivity contribution is -0.881. The summed E-state index contributed by atoms with van der Waals surface area (Å²) in [5.74, 6) is 1.78. The highest BCUT2D eigenvalue weighted by atomic mass is 16.2. The van der Waals surface area contributed by atoms with E-state index < -0.39 is 0 Å². The van der Waals surface area contributed by atoms with Crippen LogP contribution in [0.25, 0.3) is 0 Å². The van der Waals surface area contributed by atoms with E-state index in [0.717, 1.165) is 29.4 Å². The molecule has 0 saturated carbocycles. The van der Waals surface area contributed by atoms with Crippen molar-refractivity contribution in [3.05, 3.63) is 0 Å². The molecule has 74 valence electrons. The van der Waals surface area contributed by atoms with Gasteiger partial charge in [0, 0.05) is 31.8 Å². The summed E-state index contributed by atoms with van der Waals surface area (Å²) in [4.78, 5) is 13.2. The van der Waals surface area contributed by atoms with Gasteiger partial charge in [-0.2, -0.15) is 0 Å². The Morgan fingerprint density at radius 3 is 2.08 bits per heavy atom. The molecule has 13 heavy (non-hydrogen) atoms. The first-order chi connectivity index (χ1) is 5.98. The number of fused-ring (bicyclic) bond motifs is 1. The molecule has 3 nitrogen and oxygen atoms in total. The average molecular weight is 183 g/mol. The molecule has 0 aromatic heterocycles. The average Bonchev–Trinajstić information content (AvgIpc) is 2.39. The Bertz CT molecular complexity index is 221. The predicted molar refractivity (Wildman–Crippen MR) is 51.1 cm³/mol. The first-order valence-corrected chi connectivity index (χ1v) is 5.05. The summed E-state index contributed by atoms with van der Waals surface area (Å²) in [6, 6.07) is 0. The largest absolute Gasteiger partial charge is 0.342 e. The van der Waals surface area contributed by atoms with Crippen LogP contribution in [0.4, 0.5) is 0 Å². The Morgan fingerprint density at radius 1 is 1.23 bits per heavy atom. The standard InChI is InChI=1S/C10H19N2O/c1-8(13)11-4-9-6-12(2,3)7-10(9)5-11/h9-10H,4-7H2,1-3H3/q+1. The van der Waals surface area contributed by atoms with E-state index in [1.54, 1.807) is 6.92 Å². The first kappa shape index (κ1) is 9.00. The van der Waals surface area contributed by atoms with Gasteiger partial charge in [0.1, 0.15) is 0 Å². The third kappa shape index (κ3) is 1.57. The molecule has 2 heterocycles. The van der Waals surface area contributed by atoms with Gasteiger partial charge in [-0.3, -0.25) is 4.79 Å². The molecule has 0 aromatic carbocycles. The molecule has 0 N–H and O–H groups in total. The lowest BCUT2D eigenvalue weighted by Gasteiger charge is -2.26. The van der Waals surface area contributed by atoms with Gasteiger partial charge in [0.05, 0.1) is 27.2 Å². The van der Waals surface area contributed by atoms with Crippen molar-refractivity contribution in [2.45, 2.75) is 6.92 Å². The van der Waals surface area contributed by atoms with Gasteiger partial charge in [0.15, 0.2) is 0 Å². The van der Waals surface area contributed by atoms with Gasteiger partial charge in [-0.05, 0) is 0 Å². The molecule has 0 radical (unpaired) electrons. The van der Waals surface area contributed by atoms with Crippen molar-refractivity contribution in [2.24, 2.45) is 11.8 Å². The van der Waals surface area contributed by atoms with Gasteiger partial charge >= 0.3 is 0 Å². The molecular weight excluding hydrogens is 164 g/mol. The third-order valence-corrected chi connectivity index (χ3v) is 3.48. The van der Waals surface area contributed by atoms with Gasteiger partial charge in [-0.25, -0.2) is 0 Å². The van der Waals surface area contributed by atoms with E-state index in [4.69, 9.17) is 0 Å². The number of carbonyl (C=O) groups is 1. The van der Waals surface area contributed by atoms with Crippen molar-refractivity contribution in [1.29, 1.82) is 0 Å². The summed E-state index contributed by atoms with van der Waals surface area (Å²) in [5.41, 5.74) is 0. The van der Waals surface area contributed by atoms with Crippen LogP contribution >= 0.6 is 0 Å². The number of hydrogen-bond donors (Lipinski definition) is 0. The van der Waals surface area contributed by atoms with Crippen LogP contribution in [-0.4, -0.2) is 55.6 Å². The number of carbonyl (C=O) groups excluding carboxylic acids is 1. The van der Waals surface area contributed by atoms with Gasteiger partial charge < -0.3 is 9.38 Å². The number of rotatable bonds is 0. The van der Waals surface area contributed by atoms with Crippen LogP contribution in [0, 0.1) is 11.8 Å². The minimum absolute atomic E-state index is 0.250. The highest BCUT2D eigenvalue weighted by Gasteiger charge is 2.46. The van der Waals surface area contributed by atoms with Crippen molar-refractivity contribution in [3.63, 3.8) is 0 Å². The fraction of sp³-hybridized carbons (Fsp3) is 0.900. The quantitative estimate of drug-likeness (QED) is 0.490. The number of quaternary nitrogens is 1. The van der Waals surface area contributed by atoms with Crippen LogP contribution in [0.15, 0.2) is 0 Å². The summed E-state index contributed by atoms with van der Waals surface area (Å²) in [5, 5.41) is 0. The number of hydrogen-bond acceptors (Lipinski definition) is 1. The summed E-state index contributed by atoms with van der Waals surface area (Å²) < 4.78 is 1.14. The van der Waals surface area contributed by atoms with Crippen LogP contribution in [0.3, 0.4) is 0 Å². The zero-order valence-corrected chi connectivity index (χ0v) is 8.79. The highest BCUT2D eigenvalue weighted by Crippen LogP contribution is 2.33. The SMILES string of the molecule is CC(=O)N1CC2C[N+](C)(C)CC2C1. The van der Waals surface area contributed by atoms with E-state index >= 15 is 0 Å². The monoisotopic (exact) mass is 183 g/mol. The molecule has 2 unspecified atom stereocenters. The molecule has 2 saturated heterocycles. The fourth-order valence-corrected chi connectivity index (χ4v) is 2.95. The molecule has 2 atom stereocenters. The minimum atomic E-state index is 0.250. The Hall–Kier alpha value is -0.570. The molecule has 3 heteroatoms. The molecular formula is C10H19N2O+. The smallest absolute Gasteiger partial charge is 0.219 e. The second kappa shape index (κ2) is 2.71. The Balaban J connectivity index is 2.01. The van der Waals surface area contributed by atoms with Gasteiger partial charge in [-0.15, -0.1) is 0 Å². The molecule has 1 amide bonds. The topological polar surface area (TPSA) is 20.3 Å². The number of likely N-dealkylation sites (tertiary alicyclic amines) is 2. The molecule has 0 aliphatic carbocycles. The maximum atomic E-state index is 11.2.